The minimum absolute atomic E-state index is 0.372. The molecule has 0 spiro atoms. The van der Waals surface area contributed by atoms with Crippen LogP contribution in [0, 0.1) is 0 Å². The summed E-state index contributed by atoms with van der Waals surface area (Å²) in [7, 11) is 0. The van der Waals surface area contributed by atoms with Crippen molar-refractivity contribution in [3.63, 3.8) is 0 Å². The Morgan fingerprint density at radius 3 is 2.74 bits per heavy atom. The van der Waals surface area contributed by atoms with Crippen molar-refractivity contribution in [2.45, 2.75) is 24.5 Å². The molecule has 3 aromatic rings. The fraction of sp³-hybridized carbons (Fsp3) is 0.333. The van der Waals surface area contributed by atoms with Crippen molar-refractivity contribution in [2.24, 2.45) is 0 Å². The summed E-state index contributed by atoms with van der Waals surface area (Å²) in [5.41, 5.74) is 2.78. The smallest absolute Gasteiger partial charge is 0.164 e. The van der Waals surface area contributed by atoms with Gasteiger partial charge in [-0.05, 0) is 12.1 Å². The van der Waals surface area contributed by atoms with Gasteiger partial charge in [-0.2, -0.15) is 0 Å². The normalized spacial score (nSPS) is 27.8. The SMILES string of the molecule is OC[C@H]1O[C@@H](n2cnc3c(-c4ccoc4)nccc32)[C@H](O)[C@@H]1O. The molecule has 0 bridgehead atoms. The Bertz CT molecular complexity index is 816. The lowest BCUT2D eigenvalue weighted by molar-refractivity contribution is -0.0508. The third-order valence-electron chi connectivity index (χ3n) is 4.08. The Balaban J connectivity index is 1.80. The Hall–Kier alpha value is -2.26. The number of hydrogen-bond donors (Lipinski definition) is 3. The van der Waals surface area contributed by atoms with E-state index in [9.17, 15) is 15.3 Å². The number of rotatable bonds is 3. The highest BCUT2D eigenvalue weighted by atomic mass is 16.6. The van der Waals surface area contributed by atoms with Crippen molar-refractivity contribution in [3.8, 4) is 11.3 Å². The molecule has 8 nitrogen and oxygen atoms in total. The van der Waals surface area contributed by atoms with Crippen molar-refractivity contribution < 1.29 is 24.5 Å². The van der Waals surface area contributed by atoms with Gasteiger partial charge in [0.2, 0.25) is 0 Å². The van der Waals surface area contributed by atoms with E-state index < -0.39 is 24.5 Å². The average Bonchev–Trinajstić information content (AvgIpc) is 3.28. The molecule has 4 heterocycles. The Kier molecular flexibility index (Phi) is 3.38. The molecule has 1 saturated heterocycles. The van der Waals surface area contributed by atoms with Gasteiger partial charge in [-0.3, -0.25) is 4.98 Å². The molecule has 1 aliphatic heterocycles. The van der Waals surface area contributed by atoms with E-state index in [1.807, 2.05) is 0 Å². The lowest BCUT2D eigenvalue weighted by atomic mass is 10.1. The van der Waals surface area contributed by atoms with Crippen LogP contribution in [0.2, 0.25) is 0 Å². The van der Waals surface area contributed by atoms with E-state index in [4.69, 9.17) is 9.15 Å². The van der Waals surface area contributed by atoms with Gasteiger partial charge in [0.15, 0.2) is 6.23 Å². The van der Waals surface area contributed by atoms with Gasteiger partial charge in [-0.15, -0.1) is 0 Å². The predicted octanol–water partition coefficient (Wildman–Crippen LogP) is 0.303. The fourth-order valence-corrected chi connectivity index (χ4v) is 2.88. The Labute approximate surface area is 130 Å². The molecule has 0 amide bonds. The molecule has 4 rings (SSSR count). The molecule has 0 aliphatic carbocycles. The second-order valence-corrected chi connectivity index (χ2v) is 5.42. The number of furan rings is 1. The third kappa shape index (κ3) is 2.15. The summed E-state index contributed by atoms with van der Waals surface area (Å²) in [6.07, 6.45) is 2.31. The second kappa shape index (κ2) is 5.43. The monoisotopic (exact) mass is 317 g/mol. The number of ether oxygens (including phenoxy) is 1. The molecule has 23 heavy (non-hydrogen) atoms. The van der Waals surface area contributed by atoms with Crippen LogP contribution in [0.5, 0.6) is 0 Å². The van der Waals surface area contributed by atoms with Gasteiger partial charge in [0.05, 0.1) is 31.0 Å². The van der Waals surface area contributed by atoms with E-state index in [0.717, 1.165) is 5.56 Å². The maximum Gasteiger partial charge on any atom is 0.164 e. The summed E-state index contributed by atoms with van der Waals surface area (Å²) < 4.78 is 12.3. The lowest BCUT2D eigenvalue weighted by Gasteiger charge is -2.17. The van der Waals surface area contributed by atoms with Crippen LogP contribution in [0.15, 0.2) is 41.6 Å². The highest BCUT2D eigenvalue weighted by Crippen LogP contribution is 2.33. The second-order valence-electron chi connectivity index (χ2n) is 5.42. The molecule has 1 fully saturated rings. The zero-order valence-electron chi connectivity index (χ0n) is 12.0. The van der Waals surface area contributed by atoms with Gasteiger partial charge in [-0.25, -0.2) is 4.98 Å². The van der Waals surface area contributed by atoms with E-state index in [1.54, 1.807) is 35.4 Å². The molecule has 0 radical (unpaired) electrons. The maximum atomic E-state index is 10.2. The summed E-state index contributed by atoms with van der Waals surface area (Å²) in [5.74, 6) is 0. The minimum Gasteiger partial charge on any atom is -0.472 e. The first-order chi connectivity index (χ1) is 11.2. The number of imidazole rings is 1. The molecule has 0 unspecified atom stereocenters. The van der Waals surface area contributed by atoms with Crippen LogP contribution in [0.3, 0.4) is 0 Å². The van der Waals surface area contributed by atoms with E-state index in [-0.39, 0.29) is 6.61 Å². The van der Waals surface area contributed by atoms with Gasteiger partial charge in [0.25, 0.3) is 0 Å². The summed E-state index contributed by atoms with van der Waals surface area (Å²) in [4.78, 5) is 8.68. The van der Waals surface area contributed by atoms with Crippen LogP contribution in [-0.4, -0.2) is 54.8 Å². The van der Waals surface area contributed by atoms with Gasteiger partial charge in [0.1, 0.15) is 29.5 Å². The van der Waals surface area contributed by atoms with Crippen LogP contribution in [0.1, 0.15) is 6.23 Å². The number of hydrogen-bond acceptors (Lipinski definition) is 7. The highest BCUT2D eigenvalue weighted by Gasteiger charge is 2.43. The Morgan fingerprint density at radius 2 is 2.04 bits per heavy atom. The number of aliphatic hydroxyl groups excluding tert-OH is 3. The quantitative estimate of drug-likeness (QED) is 0.636. The van der Waals surface area contributed by atoms with Crippen LogP contribution in [-0.2, 0) is 4.74 Å². The van der Waals surface area contributed by atoms with Gasteiger partial charge in [-0.1, -0.05) is 0 Å². The molecule has 0 aromatic carbocycles. The van der Waals surface area contributed by atoms with E-state index >= 15 is 0 Å². The largest absolute Gasteiger partial charge is 0.472 e. The summed E-state index contributed by atoms with van der Waals surface area (Å²) in [6, 6.07) is 3.54. The van der Waals surface area contributed by atoms with Crippen molar-refractivity contribution in [3.05, 3.63) is 37.2 Å². The Morgan fingerprint density at radius 1 is 1.17 bits per heavy atom. The van der Waals surface area contributed by atoms with Gasteiger partial charge >= 0.3 is 0 Å². The number of fused-ring (bicyclic) bond motifs is 1. The molecule has 120 valence electrons. The highest BCUT2D eigenvalue weighted by molar-refractivity contribution is 5.89. The van der Waals surface area contributed by atoms with Crippen molar-refractivity contribution in [1.82, 2.24) is 14.5 Å². The molecular formula is C15H15N3O5. The predicted molar refractivity (Wildman–Crippen MR) is 78.2 cm³/mol. The lowest BCUT2D eigenvalue weighted by Crippen LogP contribution is -2.33. The van der Waals surface area contributed by atoms with Crippen LogP contribution >= 0.6 is 0 Å². The van der Waals surface area contributed by atoms with Crippen LogP contribution < -0.4 is 0 Å². The minimum atomic E-state index is -1.16. The van der Waals surface area contributed by atoms with E-state index in [1.165, 1.54) is 6.33 Å². The summed E-state index contributed by atoms with van der Waals surface area (Å²) in [6.45, 7) is -0.372. The summed E-state index contributed by atoms with van der Waals surface area (Å²) in [5, 5.41) is 29.3. The fourth-order valence-electron chi connectivity index (χ4n) is 2.88. The number of pyridine rings is 1. The van der Waals surface area contributed by atoms with Crippen molar-refractivity contribution in [2.75, 3.05) is 6.61 Å². The van der Waals surface area contributed by atoms with Gasteiger partial charge in [0, 0.05) is 11.8 Å². The molecule has 1 aliphatic rings. The molecule has 8 heteroatoms. The van der Waals surface area contributed by atoms with Crippen LogP contribution in [0.25, 0.3) is 22.3 Å². The molecule has 3 aromatic heterocycles. The number of aliphatic hydroxyl groups is 3. The van der Waals surface area contributed by atoms with Crippen molar-refractivity contribution in [1.29, 1.82) is 0 Å². The topological polar surface area (TPSA) is 114 Å². The molecular weight excluding hydrogens is 302 g/mol. The number of aromatic nitrogens is 3. The zero-order valence-corrected chi connectivity index (χ0v) is 12.0. The van der Waals surface area contributed by atoms with Crippen LogP contribution in [0.4, 0.5) is 0 Å². The first-order valence-electron chi connectivity index (χ1n) is 7.17. The first-order valence-corrected chi connectivity index (χ1v) is 7.17. The standard InChI is InChI=1S/C15H15N3O5/c19-5-10-13(20)14(21)15(23-10)18-7-17-12-9(18)1-3-16-11(12)8-2-4-22-6-8/h1-4,6-7,10,13-15,19-21H,5H2/t10-,13-,14-,15-/m1/s1. The zero-order chi connectivity index (χ0) is 16.0. The first kappa shape index (κ1) is 14.3. The van der Waals surface area contributed by atoms with E-state index in [0.29, 0.717) is 16.7 Å². The average molecular weight is 317 g/mol. The molecule has 4 atom stereocenters. The molecule has 3 N–H and O–H groups in total. The maximum absolute atomic E-state index is 10.2. The summed E-state index contributed by atoms with van der Waals surface area (Å²) >= 11 is 0. The van der Waals surface area contributed by atoms with Gasteiger partial charge < -0.3 is 29.0 Å². The third-order valence-corrected chi connectivity index (χ3v) is 4.08. The van der Waals surface area contributed by atoms with Crippen molar-refractivity contribution >= 4 is 11.0 Å². The number of nitrogens with zero attached hydrogens (tertiary/aromatic N) is 3. The van der Waals surface area contributed by atoms with E-state index in [2.05, 4.69) is 9.97 Å². The molecule has 0 saturated carbocycles.